The Hall–Kier alpha value is -1.03. The minimum atomic E-state index is -0.464. The van der Waals surface area contributed by atoms with E-state index in [4.69, 9.17) is 27.9 Å². The van der Waals surface area contributed by atoms with E-state index in [2.05, 4.69) is 15.9 Å². The molecular weight excluding hydrogens is 351 g/mol. The van der Waals surface area contributed by atoms with Gasteiger partial charge >= 0.3 is 5.97 Å². The fraction of sp³-hybridized carbons (Fsp3) is 0.0714. The molecule has 0 bridgehead atoms. The van der Waals surface area contributed by atoms with E-state index in [1.807, 2.05) is 13.0 Å². The lowest BCUT2D eigenvalue weighted by molar-refractivity contribution is 0.0733. The standard InChI is InChI=1S/C14H9BrCl2O2/c1-8-3-2-4-9(5-8)14(18)19-13-11(15)6-10(16)7-12(13)17/h2-7H,1H3. The summed E-state index contributed by atoms with van der Waals surface area (Å²) in [4.78, 5) is 12.0. The van der Waals surface area contributed by atoms with Gasteiger partial charge in [-0.05, 0) is 47.1 Å². The van der Waals surface area contributed by atoms with E-state index < -0.39 is 5.97 Å². The van der Waals surface area contributed by atoms with Gasteiger partial charge in [0.05, 0.1) is 15.1 Å². The number of carbonyl (C=O) groups is 1. The number of carbonyl (C=O) groups excluding carboxylic acids is 1. The Morgan fingerprint density at radius 3 is 2.58 bits per heavy atom. The molecule has 0 spiro atoms. The molecule has 0 fully saturated rings. The lowest BCUT2D eigenvalue weighted by atomic mass is 10.1. The summed E-state index contributed by atoms with van der Waals surface area (Å²) in [7, 11) is 0. The number of aryl methyl sites for hydroxylation is 1. The molecule has 0 aliphatic heterocycles. The van der Waals surface area contributed by atoms with E-state index >= 15 is 0 Å². The highest BCUT2D eigenvalue weighted by atomic mass is 79.9. The van der Waals surface area contributed by atoms with Crippen molar-refractivity contribution in [3.63, 3.8) is 0 Å². The Balaban J connectivity index is 2.29. The quantitative estimate of drug-likeness (QED) is 0.538. The molecule has 0 saturated heterocycles. The van der Waals surface area contributed by atoms with Gasteiger partial charge in [-0.15, -0.1) is 0 Å². The monoisotopic (exact) mass is 358 g/mol. The van der Waals surface area contributed by atoms with Gasteiger partial charge < -0.3 is 4.74 Å². The van der Waals surface area contributed by atoms with Crippen molar-refractivity contribution in [2.24, 2.45) is 0 Å². The van der Waals surface area contributed by atoms with Crippen LogP contribution in [0.1, 0.15) is 15.9 Å². The zero-order valence-electron chi connectivity index (χ0n) is 9.91. The van der Waals surface area contributed by atoms with E-state index in [0.717, 1.165) is 5.56 Å². The van der Waals surface area contributed by atoms with Gasteiger partial charge in [-0.3, -0.25) is 0 Å². The molecular formula is C14H9BrCl2O2. The van der Waals surface area contributed by atoms with Gasteiger partial charge in [0.1, 0.15) is 0 Å². The van der Waals surface area contributed by atoms with Crippen molar-refractivity contribution in [3.8, 4) is 5.75 Å². The van der Waals surface area contributed by atoms with Crippen molar-refractivity contribution >= 4 is 45.1 Å². The molecule has 2 rings (SSSR count). The van der Waals surface area contributed by atoms with Crippen LogP contribution in [0.4, 0.5) is 0 Å². The number of ether oxygens (including phenoxy) is 1. The number of benzene rings is 2. The Kier molecular flexibility index (Phi) is 4.50. The Labute approximate surface area is 129 Å². The van der Waals surface area contributed by atoms with Crippen molar-refractivity contribution < 1.29 is 9.53 Å². The summed E-state index contributed by atoms with van der Waals surface area (Å²) >= 11 is 15.1. The molecule has 0 amide bonds. The first-order valence-corrected chi connectivity index (χ1v) is 6.95. The predicted molar refractivity (Wildman–Crippen MR) is 80.3 cm³/mol. The molecule has 2 nitrogen and oxygen atoms in total. The van der Waals surface area contributed by atoms with Gasteiger partial charge in [0.25, 0.3) is 0 Å². The molecule has 2 aromatic carbocycles. The predicted octanol–water partition coefficient (Wildman–Crippen LogP) is 5.28. The van der Waals surface area contributed by atoms with Crippen LogP contribution >= 0.6 is 39.1 Å². The maximum Gasteiger partial charge on any atom is 0.343 e. The molecule has 0 aromatic heterocycles. The van der Waals surface area contributed by atoms with Crippen LogP contribution < -0.4 is 4.74 Å². The van der Waals surface area contributed by atoms with Crippen molar-refractivity contribution in [3.05, 3.63) is 62.0 Å². The zero-order valence-corrected chi connectivity index (χ0v) is 13.0. The maximum absolute atomic E-state index is 12.0. The molecule has 2 aromatic rings. The van der Waals surface area contributed by atoms with Gasteiger partial charge in [0, 0.05) is 5.02 Å². The van der Waals surface area contributed by atoms with Gasteiger partial charge in [0.2, 0.25) is 0 Å². The molecule has 0 radical (unpaired) electrons. The molecule has 19 heavy (non-hydrogen) atoms. The Morgan fingerprint density at radius 2 is 1.95 bits per heavy atom. The zero-order chi connectivity index (χ0) is 14.0. The SMILES string of the molecule is Cc1cccc(C(=O)Oc2c(Cl)cc(Cl)cc2Br)c1. The minimum Gasteiger partial charge on any atom is -0.420 e. The third-order valence-electron chi connectivity index (χ3n) is 2.41. The van der Waals surface area contributed by atoms with E-state index in [1.54, 1.807) is 24.3 Å². The molecule has 0 aliphatic rings. The number of halogens is 3. The lowest BCUT2D eigenvalue weighted by Gasteiger charge is -2.09. The first kappa shape index (κ1) is 14.4. The summed E-state index contributed by atoms with van der Waals surface area (Å²) in [5.41, 5.74) is 1.45. The van der Waals surface area contributed by atoms with Gasteiger partial charge in [-0.1, -0.05) is 40.9 Å². The van der Waals surface area contributed by atoms with E-state index in [1.165, 1.54) is 6.07 Å². The second-order valence-electron chi connectivity index (χ2n) is 3.96. The lowest BCUT2D eigenvalue weighted by Crippen LogP contribution is -2.09. The average Bonchev–Trinajstić information content (AvgIpc) is 2.33. The van der Waals surface area contributed by atoms with Crippen LogP contribution in [-0.4, -0.2) is 5.97 Å². The van der Waals surface area contributed by atoms with E-state index in [9.17, 15) is 4.79 Å². The molecule has 0 heterocycles. The van der Waals surface area contributed by atoms with Crippen LogP contribution in [0.5, 0.6) is 5.75 Å². The van der Waals surface area contributed by atoms with Crippen LogP contribution in [0.25, 0.3) is 0 Å². The largest absolute Gasteiger partial charge is 0.420 e. The van der Waals surface area contributed by atoms with Crippen molar-refractivity contribution in [2.75, 3.05) is 0 Å². The number of esters is 1. The summed E-state index contributed by atoms with van der Waals surface area (Å²) < 4.78 is 5.83. The molecule has 5 heteroatoms. The van der Waals surface area contributed by atoms with Crippen LogP contribution in [0.15, 0.2) is 40.9 Å². The highest BCUT2D eigenvalue weighted by Crippen LogP contribution is 2.36. The van der Waals surface area contributed by atoms with Gasteiger partial charge in [-0.2, -0.15) is 0 Å². The fourth-order valence-electron chi connectivity index (χ4n) is 1.55. The van der Waals surface area contributed by atoms with E-state index in [-0.39, 0.29) is 10.8 Å². The van der Waals surface area contributed by atoms with Crippen LogP contribution in [0.2, 0.25) is 10.0 Å². The molecule has 0 aliphatic carbocycles. The summed E-state index contributed by atoms with van der Waals surface area (Å²) in [5, 5.41) is 0.743. The molecule has 0 unspecified atom stereocenters. The summed E-state index contributed by atoms with van der Waals surface area (Å²) in [6.07, 6.45) is 0. The van der Waals surface area contributed by atoms with Crippen molar-refractivity contribution in [1.29, 1.82) is 0 Å². The smallest absolute Gasteiger partial charge is 0.343 e. The second kappa shape index (κ2) is 5.95. The van der Waals surface area contributed by atoms with Gasteiger partial charge in [-0.25, -0.2) is 4.79 Å². The normalized spacial score (nSPS) is 10.3. The highest BCUT2D eigenvalue weighted by molar-refractivity contribution is 9.10. The molecule has 0 N–H and O–H groups in total. The first-order valence-electron chi connectivity index (χ1n) is 5.41. The van der Waals surface area contributed by atoms with Crippen LogP contribution in [0, 0.1) is 6.92 Å². The fourth-order valence-corrected chi connectivity index (χ4v) is 2.87. The Bertz CT molecular complexity index is 618. The van der Waals surface area contributed by atoms with Gasteiger partial charge in [0.15, 0.2) is 5.75 Å². The summed E-state index contributed by atoms with van der Waals surface area (Å²) in [6.45, 7) is 1.90. The third kappa shape index (κ3) is 3.50. The maximum atomic E-state index is 12.0. The first-order chi connectivity index (χ1) is 8.97. The number of rotatable bonds is 2. The number of hydrogen-bond donors (Lipinski definition) is 0. The summed E-state index contributed by atoms with van der Waals surface area (Å²) in [6, 6.07) is 10.3. The molecule has 98 valence electrons. The minimum absolute atomic E-state index is 0.262. The van der Waals surface area contributed by atoms with Crippen molar-refractivity contribution in [1.82, 2.24) is 0 Å². The highest BCUT2D eigenvalue weighted by Gasteiger charge is 2.15. The second-order valence-corrected chi connectivity index (χ2v) is 5.66. The summed E-state index contributed by atoms with van der Waals surface area (Å²) in [5.74, 6) is -0.203. The molecule has 0 saturated carbocycles. The molecule has 0 atom stereocenters. The van der Waals surface area contributed by atoms with Crippen LogP contribution in [-0.2, 0) is 0 Å². The van der Waals surface area contributed by atoms with Crippen LogP contribution in [0.3, 0.4) is 0 Å². The van der Waals surface area contributed by atoms with Crippen molar-refractivity contribution in [2.45, 2.75) is 6.92 Å². The number of hydrogen-bond acceptors (Lipinski definition) is 2. The topological polar surface area (TPSA) is 26.3 Å². The average molecular weight is 360 g/mol. The van der Waals surface area contributed by atoms with E-state index in [0.29, 0.717) is 15.1 Å². The Morgan fingerprint density at radius 1 is 1.21 bits per heavy atom. The third-order valence-corrected chi connectivity index (χ3v) is 3.50.